The van der Waals surface area contributed by atoms with Gasteiger partial charge in [0, 0.05) is 12.3 Å². The van der Waals surface area contributed by atoms with E-state index in [0.717, 1.165) is 16.7 Å². The summed E-state index contributed by atoms with van der Waals surface area (Å²) >= 11 is 0. The second-order valence-electron chi connectivity index (χ2n) is 6.56. The number of aryl methyl sites for hydroxylation is 3. The summed E-state index contributed by atoms with van der Waals surface area (Å²) < 4.78 is 6.83. The Morgan fingerprint density at radius 3 is 2.44 bits per heavy atom. The standard InChI is InChI=1S/C19H20N4O4/c1-11-4-12(2)6-14(5-11)17(19(25)26)21-18(24)16-7-15(27-22-16)10-23-9-13(3)8-20-23/h4-9,17H,10H2,1-3H3,(H,21,24)(H,25,26). The lowest BCUT2D eigenvalue weighted by molar-refractivity contribution is -0.139. The Morgan fingerprint density at radius 1 is 1.15 bits per heavy atom. The van der Waals surface area contributed by atoms with E-state index in [2.05, 4.69) is 15.6 Å². The van der Waals surface area contributed by atoms with Crippen LogP contribution < -0.4 is 5.32 Å². The highest BCUT2D eigenvalue weighted by Crippen LogP contribution is 2.18. The highest BCUT2D eigenvalue weighted by Gasteiger charge is 2.25. The predicted octanol–water partition coefficient (Wildman–Crippen LogP) is 2.40. The van der Waals surface area contributed by atoms with Crippen molar-refractivity contribution >= 4 is 11.9 Å². The molecular formula is C19H20N4O4. The van der Waals surface area contributed by atoms with Gasteiger partial charge in [0.05, 0.1) is 6.20 Å². The zero-order chi connectivity index (χ0) is 19.6. The molecule has 0 aliphatic carbocycles. The number of carboxylic acid groups (broad SMARTS) is 1. The lowest BCUT2D eigenvalue weighted by atomic mass is 10.0. The first-order valence-corrected chi connectivity index (χ1v) is 8.38. The summed E-state index contributed by atoms with van der Waals surface area (Å²) in [7, 11) is 0. The third kappa shape index (κ3) is 4.41. The van der Waals surface area contributed by atoms with E-state index in [1.807, 2.05) is 33.0 Å². The number of aliphatic carboxylic acids is 1. The van der Waals surface area contributed by atoms with Crippen LogP contribution in [-0.4, -0.2) is 31.9 Å². The zero-order valence-electron chi connectivity index (χ0n) is 15.3. The molecule has 2 aromatic heterocycles. The summed E-state index contributed by atoms with van der Waals surface area (Å²) in [6.07, 6.45) is 3.55. The number of hydrogen-bond acceptors (Lipinski definition) is 5. The molecule has 8 nitrogen and oxygen atoms in total. The normalized spacial score (nSPS) is 12.0. The number of carbonyl (C=O) groups is 2. The van der Waals surface area contributed by atoms with Crippen molar-refractivity contribution in [2.45, 2.75) is 33.4 Å². The van der Waals surface area contributed by atoms with E-state index < -0.39 is 17.9 Å². The Kier molecular flexibility index (Phi) is 5.07. The van der Waals surface area contributed by atoms with Crippen LogP contribution in [0.25, 0.3) is 0 Å². The number of amides is 1. The SMILES string of the molecule is Cc1cc(C)cc(C(NC(=O)c2cc(Cn3cc(C)cn3)on2)C(=O)O)c1. The molecule has 0 saturated heterocycles. The van der Waals surface area contributed by atoms with Gasteiger partial charge in [-0.2, -0.15) is 5.10 Å². The largest absolute Gasteiger partial charge is 0.479 e. The second-order valence-corrected chi connectivity index (χ2v) is 6.56. The van der Waals surface area contributed by atoms with Gasteiger partial charge in [-0.3, -0.25) is 9.48 Å². The first kappa shape index (κ1) is 18.4. The van der Waals surface area contributed by atoms with Gasteiger partial charge in [0.15, 0.2) is 17.5 Å². The van der Waals surface area contributed by atoms with E-state index >= 15 is 0 Å². The van der Waals surface area contributed by atoms with Crippen molar-refractivity contribution in [2.75, 3.05) is 0 Å². The van der Waals surface area contributed by atoms with Crippen LogP contribution in [0.15, 0.2) is 41.2 Å². The van der Waals surface area contributed by atoms with E-state index in [0.29, 0.717) is 17.9 Å². The molecule has 1 aromatic carbocycles. The summed E-state index contributed by atoms with van der Waals surface area (Å²) in [6.45, 7) is 5.99. The molecule has 1 atom stereocenters. The molecule has 0 spiro atoms. The van der Waals surface area contributed by atoms with Crippen LogP contribution in [0.3, 0.4) is 0 Å². The molecule has 2 heterocycles. The average Bonchev–Trinajstić information content (AvgIpc) is 3.20. The topological polar surface area (TPSA) is 110 Å². The Hall–Kier alpha value is -3.42. The van der Waals surface area contributed by atoms with Gasteiger partial charge in [-0.25, -0.2) is 4.79 Å². The van der Waals surface area contributed by atoms with E-state index in [9.17, 15) is 14.7 Å². The number of rotatable bonds is 6. The third-order valence-corrected chi connectivity index (χ3v) is 3.97. The van der Waals surface area contributed by atoms with Crippen LogP contribution in [-0.2, 0) is 11.3 Å². The van der Waals surface area contributed by atoms with Gasteiger partial charge in [-0.1, -0.05) is 34.5 Å². The number of carboxylic acids is 1. The summed E-state index contributed by atoms with van der Waals surface area (Å²) in [5, 5.41) is 19.9. The first-order valence-electron chi connectivity index (χ1n) is 8.38. The number of aromatic nitrogens is 3. The number of hydrogen-bond donors (Lipinski definition) is 2. The second kappa shape index (κ2) is 7.45. The Bertz CT molecular complexity index is 969. The fourth-order valence-corrected chi connectivity index (χ4v) is 2.88. The summed E-state index contributed by atoms with van der Waals surface area (Å²) in [5.74, 6) is -1.32. The first-order chi connectivity index (χ1) is 12.8. The number of carbonyl (C=O) groups excluding carboxylic acids is 1. The number of nitrogens with one attached hydrogen (secondary N) is 1. The molecule has 0 fully saturated rings. The van der Waals surface area contributed by atoms with Crippen molar-refractivity contribution in [3.8, 4) is 0 Å². The molecule has 0 bridgehead atoms. The van der Waals surface area contributed by atoms with E-state index in [4.69, 9.17) is 4.52 Å². The van der Waals surface area contributed by atoms with Crippen molar-refractivity contribution < 1.29 is 19.2 Å². The maximum Gasteiger partial charge on any atom is 0.330 e. The van der Waals surface area contributed by atoms with Crippen molar-refractivity contribution in [3.05, 3.63) is 70.4 Å². The quantitative estimate of drug-likeness (QED) is 0.691. The van der Waals surface area contributed by atoms with Gasteiger partial charge in [-0.05, 0) is 31.9 Å². The third-order valence-electron chi connectivity index (χ3n) is 3.97. The smallest absolute Gasteiger partial charge is 0.330 e. The Morgan fingerprint density at radius 2 is 1.85 bits per heavy atom. The lowest BCUT2D eigenvalue weighted by Crippen LogP contribution is -2.34. The molecule has 140 valence electrons. The van der Waals surface area contributed by atoms with Gasteiger partial charge in [0.1, 0.15) is 6.54 Å². The average molecular weight is 368 g/mol. The van der Waals surface area contributed by atoms with Gasteiger partial charge in [0.2, 0.25) is 0 Å². The molecule has 0 saturated carbocycles. The Labute approximate surface area is 155 Å². The van der Waals surface area contributed by atoms with Crippen LogP contribution in [0, 0.1) is 20.8 Å². The molecule has 0 aliphatic heterocycles. The molecule has 2 N–H and O–H groups in total. The van der Waals surface area contributed by atoms with Gasteiger partial charge < -0.3 is 14.9 Å². The maximum absolute atomic E-state index is 12.5. The van der Waals surface area contributed by atoms with E-state index in [1.54, 1.807) is 23.0 Å². The molecular weight excluding hydrogens is 348 g/mol. The monoisotopic (exact) mass is 368 g/mol. The van der Waals surface area contributed by atoms with Crippen LogP contribution in [0.1, 0.15) is 44.5 Å². The highest BCUT2D eigenvalue weighted by atomic mass is 16.5. The molecule has 27 heavy (non-hydrogen) atoms. The van der Waals surface area contributed by atoms with Crippen LogP contribution in [0.4, 0.5) is 0 Å². The molecule has 8 heteroatoms. The number of benzene rings is 1. The molecule has 3 aromatic rings. The maximum atomic E-state index is 12.5. The summed E-state index contributed by atoms with van der Waals surface area (Å²) in [5.41, 5.74) is 3.37. The molecule has 1 unspecified atom stereocenters. The summed E-state index contributed by atoms with van der Waals surface area (Å²) in [6, 6.07) is 5.71. The fourth-order valence-electron chi connectivity index (χ4n) is 2.88. The highest BCUT2D eigenvalue weighted by molar-refractivity contribution is 5.95. The molecule has 0 radical (unpaired) electrons. The van der Waals surface area contributed by atoms with Crippen LogP contribution in [0.2, 0.25) is 0 Å². The Balaban J connectivity index is 1.75. The van der Waals surface area contributed by atoms with E-state index in [1.165, 1.54) is 6.07 Å². The minimum Gasteiger partial charge on any atom is -0.479 e. The summed E-state index contributed by atoms with van der Waals surface area (Å²) in [4.78, 5) is 24.1. The van der Waals surface area contributed by atoms with Gasteiger partial charge >= 0.3 is 5.97 Å². The van der Waals surface area contributed by atoms with Crippen molar-refractivity contribution in [1.82, 2.24) is 20.3 Å². The predicted molar refractivity (Wildman–Crippen MR) is 96.3 cm³/mol. The fraction of sp³-hybridized carbons (Fsp3) is 0.263. The van der Waals surface area contributed by atoms with Crippen molar-refractivity contribution in [1.29, 1.82) is 0 Å². The zero-order valence-corrected chi connectivity index (χ0v) is 15.3. The van der Waals surface area contributed by atoms with Crippen LogP contribution in [0.5, 0.6) is 0 Å². The number of nitrogens with zero attached hydrogens (tertiary/aromatic N) is 3. The molecule has 0 aliphatic rings. The van der Waals surface area contributed by atoms with Crippen LogP contribution >= 0.6 is 0 Å². The van der Waals surface area contributed by atoms with Crippen molar-refractivity contribution in [3.63, 3.8) is 0 Å². The van der Waals surface area contributed by atoms with Gasteiger partial charge in [0.25, 0.3) is 5.91 Å². The molecule has 3 rings (SSSR count). The van der Waals surface area contributed by atoms with Gasteiger partial charge in [-0.15, -0.1) is 0 Å². The van der Waals surface area contributed by atoms with E-state index in [-0.39, 0.29) is 5.69 Å². The minimum absolute atomic E-state index is 0.0181. The minimum atomic E-state index is -1.18. The molecule has 1 amide bonds. The lowest BCUT2D eigenvalue weighted by Gasteiger charge is -2.15. The van der Waals surface area contributed by atoms with Crippen molar-refractivity contribution in [2.24, 2.45) is 0 Å².